The van der Waals surface area contributed by atoms with Crippen molar-refractivity contribution < 1.29 is 14.3 Å². The van der Waals surface area contributed by atoms with Crippen LogP contribution < -0.4 is 5.32 Å². The van der Waals surface area contributed by atoms with Gasteiger partial charge in [-0.2, -0.15) is 0 Å². The first-order valence-electron chi connectivity index (χ1n) is 14.6. The molecule has 0 spiro atoms. The monoisotopic (exact) mass is 552 g/mol. The molecule has 1 amide bonds. The van der Waals surface area contributed by atoms with Crippen LogP contribution in [-0.2, 0) is 20.9 Å². The molecule has 5 heteroatoms. The molecule has 1 rings (SSSR count). The number of Topliss-reactive ketones (excluding diaryl/α,β-unsaturated/α-hetero) is 1. The van der Waals surface area contributed by atoms with Gasteiger partial charge in [-0.1, -0.05) is 100 Å². The van der Waals surface area contributed by atoms with Crippen molar-refractivity contribution in [2.75, 3.05) is 27.2 Å². The molecule has 1 atom stereocenters. The number of nitrogens with zero attached hydrogens (tertiary/aromatic N) is 1. The molecule has 1 N–H and O–H groups in total. The lowest BCUT2D eigenvalue weighted by atomic mass is 9.82. The number of hydrogen-bond donors (Lipinski definition) is 1. The van der Waals surface area contributed by atoms with Crippen LogP contribution in [0.3, 0.4) is 0 Å². The minimum Gasteiger partial charge on any atom is -0.376 e. The summed E-state index contributed by atoms with van der Waals surface area (Å²) in [6, 6.07) is 10.1. The number of nitrogens with one attached hydrogen (secondary N) is 1. The molecular weight excluding hydrogens is 496 g/mol. The maximum atomic E-state index is 12.9. The van der Waals surface area contributed by atoms with E-state index in [1.807, 2.05) is 78.0 Å². The summed E-state index contributed by atoms with van der Waals surface area (Å²) in [5, 5.41) is 2.69. The molecule has 0 saturated heterocycles. The average molecular weight is 553 g/mol. The Balaban J connectivity index is 0.00000742. The van der Waals surface area contributed by atoms with E-state index in [0.717, 1.165) is 24.1 Å². The highest BCUT2D eigenvalue weighted by Gasteiger charge is 2.26. The van der Waals surface area contributed by atoms with E-state index in [4.69, 9.17) is 4.74 Å². The Hall–Kier alpha value is -2.92. The van der Waals surface area contributed by atoms with Crippen LogP contribution in [0.5, 0.6) is 0 Å². The lowest BCUT2D eigenvalue weighted by Gasteiger charge is -2.25. The SMILES string of the molecule is C=C(C/C(C)=C/N(C)CC(/C=C\C)=C(/C)CCC(=O)NC)C(COCc1ccccc1)CC(=O)C(C)(C)C.CC. The summed E-state index contributed by atoms with van der Waals surface area (Å²) in [5.74, 6) is 0.239. The highest BCUT2D eigenvalue weighted by atomic mass is 16.5. The van der Waals surface area contributed by atoms with E-state index < -0.39 is 5.41 Å². The first kappa shape index (κ1) is 37.1. The van der Waals surface area contributed by atoms with E-state index in [-0.39, 0.29) is 17.6 Å². The molecule has 0 aliphatic carbocycles. The molecule has 1 aromatic carbocycles. The number of benzene rings is 1. The van der Waals surface area contributed by atoms with Gasteiger partial charge in [-0.15, -0.1) is 0 Å². The van der Waals surface area contributed by atoms with Crippen molar-refractivity contribution in [3.05, 3.63) is 83.1 Å². The predicted octanol–water partition coefficient (Wildman–Crippen LogP) is 8.05. The Kier molecular flexibility index (Phi) is 18.6. The van der Waals surface area contributed by atoms with Gasteiger partial charge in [0.05, 0.1) is 13.2 Å². The second-order valence-electron chi connectivity index (χ2n) is 11.3. The number of amides is 1. The van der Waals surface area contributed by atoms with Gasteiger partial charge in [0.2, 0.25) is 5.91 Å². The first-order valence-corrected chi connectivity index (χ1v) is 14.6. The fourth-order valence-corrected chi connectivity index (χ4v) is 4.10. The van der Waals surface area contributed by atoms with Crippen molar-refractivity contribution in [1.29, 1.82) is 0 Å². The van der Waals surface area contributed by atoms with Crippen LogP contribution in [0.2, 0.25) is 0 Å². The number of likely N-dealkylation sites (N-methyl/N-ethyl adjacent to an activating group) is 1. The summed E-state index contributed by atoms with van der Waals surface area (Å²) < 4.78 is 6.05. The molecule has 5 nitrogen and oxygen atoms in total. The quantitative estimate of drug-likeness (QED) is 0.166. The maximum Gasteiger partial charge on any atom is 0.220 e. The number of hydrogen-bond acceptors (Lipinski definition) is 4. The van der Waals surface area contributed by atoms with Gasteiger partial charge in [-0.3, -0.25) is 9.59 Å². The van der Waals surface area contributed by atoms with Gasteiger partial charge < -0.3 is 15.0 Å². The molecule has 0 radical (unpaired) electrons. The van der Waals surface area contributed by atoms with Crippen LogP contribution in [0.25, 0.3) is 0 Å². The zero-order chi connectivity index (χ0) is 30.7. The van der Waals surface area contributed by atoms with Crippen molar-refractivity contribution in [2.24, 2.45) is 11.3 Å². The normalized spacial score (nSPS) is 13.2. The van der Waals surface area contributed by atoms with E-state index in [1.54, 1.807) is 7.05 Å². The first-order chi connectivity index (χ1) is 18.9. The van der Waals surface area contributed by atoms with Crippen molar-refractivity contribution in [2.45, 2.75) is 87.7 Å². The predicted molar refractivity (Wildman–Crippen MR) is 171 cm³/mol. The van der Waals surface area contributed by atoms with Crippen LogP contribution in [0.1, 0.15) is 86.6 Å². The Morgan fingerprint density at radius 1 is 1.10 bits per heavy atom. The van der Waals surface area contributed by atoms with Gasteiger partial charge in [-0.05, 0) is 50.9 Å². The molecule has 1 unspecified atom stereocenters. The van der Waals surface area contributed by atoms with Crippen molar-refractivity contribution in [3.63, 3.8) is 0 Å². The van der Waals surface area contributed by atoms with Crippen LogP contribution in [0, 0.1) is 11.3 Å². The van der Waals surface area contributed by atoms with Crippen molar-refractivity contribution in [1.82, 2.24) is 10.2 Å². The minimum atomic E-state index is -0.395. The van der Waals surface area contributed by atoms with Gasteiger partial charge in [-0.25, -0.2) is 0 Å². The van der Waals surface area contributed by atoms with Crippen LogP contribution >= 0.6 is 0 Å². The largest absolute Gasteiger partial charge is 0.376 e. The average Bonchev–Trinajstić information content (AvgIpc) is 2.91. The van der Waals surface area contributed by atoms with E-state index in [1.165, 1.54) is 16.7 Å². The summed E-state index contributed by atoms with van der Waals surface area (Å²) in [7, 11) is 3.73. The van der Waals surface area contributed by atoms with E-state index in [0.29, 0.717) is 32.5 Å². The zero-order valence-electron chi connectivity index (χ0n) is 27.0. The lowest BCUT2D eigenvalue weighted by molar-refractivity contribution is -0.127. The Morgan fingerprint density at radius 3 is 2.27 bits per heavy atom. The smallest absolute Gasteiger partial charge is 0.220 e. The molecule has 0 heterocycles. The molecule has 224 valence electrons. The molecule has 0 aliphatic rings. The third-order valence-electron chi connectivity index (χ3n) is 6.56. The molecule has 0 aliphatic heterocycles. The fourth-order valence-electron chi connectivity index (χ4n) is 4.10. The molecule has 0 bridgehead atoms. The number of carbonyl (C=O) groups excluding carboxylic acids is 2. The second-order valence-corrected chi connectivity index (χ2v) is 11.3. The molecule has 0 fully saturated rings. The van der Waals surface area contributed by atoms with Gasteiger partial charge in [0, 0.05) is 44.8 Å². The summed E-state index contributed by atoms with van der Waals surface area (Å²) in [6.07, 6.45) is 8.67. The van der Waals surface area contributed by atoms with Gasteiger partial charge in [0.25, 0.3) is 0 Å². The molecule has 1 aromatic rings. The third-order valence-corrected chi connectivity index (χ3v) is 6.56. The standard InChI is InChI=1S/C33H50N2O3.C2H6/c1-10-14-29(26(3)17-18-32(37)34-8)22-35(9)21-25(2)19-27(4)30(20-31(36)33(5,6)7)24-38-23-28-15-12-11-13-16-28;1-2/h10-16,21,30H,4,17-20,22-24H2,1-3,5-9H3,(H,34,37);1-2H3/b14-10-,25-21+,29-26-;. The van der Waals surface area contributed by atoms with Gasteiger partial charge >= 0.3 is 0 Å². The summed E-state index contributed by atoms with van der Waals surface area (Å²) >= 11 is 0. The number of allylic oxidation sites excluding steroid dienone is 3. The van der Waals surface area contributed by atoms with Crippen LogP contribution in [0.15, 0.2) is 77.6 Å². The maximum absolute atomic E-state index is 12.9. The number of ketones is 1. The molecule has 40 heavy (non-hydrogen) atoms. The number of ether oxygens (including phenoxy) is 1. The highest BCUT2D eigenvalue weighted by molar-refractivity contribution is 5.84. The van der Waals surface area contributed by atoms with E-state index in [2.05, 4.69) is 50.0 Å². The zero-order valence-corrected chi connectivity index (χ0v) is 27.0. The minimum absolute atomic E-state index is 0.0375. The summed E-state index contributed by atoms with van der Waals surface area (Å²) in [4.78, 5) is 26.7. The van der Waals surface area contributed by atoms with Gasteiger partial charge in [0.15, 0.2) is 0 Å². The summed E-state index contributed by atoms with van der Waals surface area (Å²) in [6.45, 7) is 22.2. The second kappa shape index (κ2) is 20.0. The topological polar surface area (TPSA) is 58.6 Å². The summed E-state index contributed by atoms with van der Waals surface area (Å²) in [5.41, 5.74) is 5.34. The van der Waals surface area contributed by atoms with Gasteiger partial charge in [0.1, 0.15) is 5.78 Å². The van der Waals surface area contributed by atoms with E-state index >= 15 is 0 Å². The third kappa shape index (κ3) is 15.6. The Morgan fingerprint density at radius 2 is 1.73 bits per heavy atom. The van der Waals surface area contributed by atoms with E-state index in [9.17, 15) is 9.59 Å². The van der Waals surface area contributed by atoms with Crippen molar-refractivity contribution >= 4 is 11.7 Å². The fraction of sp³-hybridized carbons (Fsp3) is 0.543. The molecular formula is C35H56N2O3. The van der Waals surface area contributed by atoms with Crippen LogP contribution in [0.4, 0.5) is 0 Å². The number of rotatable bonds is 16. The molecule has 0 saturated carbocycles. The lowest BCUT2D eigenvalue weighted by Crippen LogP contribution is -2.26. The molecule has 0 aromatic heterocycles. The van der Waals surface area contributed by atoms with Crippen LogP contribution in [-0.4, -0.2) is 43.8 Å². The van der Waals surface area contributed by atoms with Crippen molar-refractivity contribution in [3.8, 4) is 0 Å². The number of carbonyl (C=O) groups is 2. The Labute approximate surface area is 245 Å². The Bertz CT molecular complexity index is 997. The highest BCUT2D eigenvalue weighted by Crippen LogP contribution is 2.27.